The first-order valence-electron chi connectivity index (χ1n) is 23.2. The number of allylic oxidation sites excluding steroid dienone is 8. The van der Waals surface area contributed by atoms with Gasteiger partial charge in [-0.05, 0) is 115 Å². The molecule has 0 heterocycles. The number of hydrogen-bond donors (Lipinski definition) is 1. The van der Waals surface area contributed by atoms with Crippen LogP contribution in [-0.2, 0) is 16.1 Å². The number of ether oxygens (including phenoxy) is 4. The zero-order valence-electron chi connectivity index (χ0n) is 37.4. The number of hydrogen-bond acceptors (Lipinski definition) is 6. The van der Waals surface area contributed by atoms with Gasteiger partial charge >= 0.3 is 6.16 Å². The van der Waals surface area contributed by atoms with E-state index in [1.54, 1.807) is 6.07 Å². The van der Waals surface area contributed by atoms with E-state index in [1.165, 1.54) is 116 Å². The summed E-state index contributed by atoms with van der Waals surface area (Å²) in [7, 11) is 1.86. The van der Waals surface area contributed by atoms with Crippen LogP contribution in [0.2, 0.25) is 5.02 Å². The maximum atomic E-state index is 11.9. The molecule has 0 aliphatic carbocycles. The van der Waals surface area contributed by atoms with E-state index in [-0.39, 0.29) is 6.61 Å². The lowest BCUT2D eigenvalue weighted by Gasteiger charge is -2.15. The zero-order chi connectivity index (χ0) is 41.7. The van der Waals surface area contributed by atoms with Gasteiger partial charge in [-0.3, -0.25) is 0 Å². The molecular formula is C50H86ClNO5. The number of halogens is 1. The Bertz CT molecular complexity index is 1150. The highest BCUT2D eigenvalue weighted by Crippen LogP contribution is 2.36. The Labute approximate surface area is 356 Å². The third kappa shape index (κ3) is 37.3. The molecule has 0 aliphatic heterocycles. The van der Waals surface area contributed by atoms with Crippen LogP contribution in [0, 0.1) is 0 Å². The monoisotopic (exact) mass is 816 g/mol. The normalized spacial score (nSPS) is 11.5. The van der Waals surface area contributed by atoms with Gasteiger partial charge in [-0.25, -0.2) is 4.79 Å². The van der Waals surface area contributed by atoms with Crippen molar-refractivity contribution in [2.24, 2.45) is 0 Å². The van der Waals surface area contributed by atoms with Crippen molar-refractivity contribution in [2.75, 3.05) is 33.4 Å². The Balaban J connectivity index is 0.00000164. The molecule has 7 heteroatoms. The summed E-state index contributed by atoms with van der Waals surface area (Å²) in [4.78, 5) is 11.9. The highest BCUT2D eigenvalue weighted by molar-refractivity contribution is 6.33. The molecule has 0 fully saturated rings. The third-order valence-corrected chi connectivity index (χ3v) is 9.75. The number of carbonyl (C=O) groups excluding carboxylic acids is 1. The lowest BCUT2D eigenvalue weighted by molar-refractivity contribution is 0.0492. The molecule has 0 bridgehead atoms. The molecule has 0 atom stereocenters. The van der Waals surface area contributed by atoms with E-state index < -0.39 is 6.16 Å². The molecule has 0 spiro atoms. The van der Waals surface area contributed by atoms with Crippen LogP contribution in [-0.4, -0.2) is 39.6 Å². The van der Waals surface area contributed by atoms with E-state index >= 15 is 0 Å². The van der Waals surface area contributed by atoms with Gasteiger partial charge in [0.25, 0.3) is 0 Å². The third-order valence-electron chi connectivity index (χ3n) is 9.38. The molecule has 57 heavy (non-hydrogen) atoms. The van der Waals surface area contributed by atoms with E-state index in [0.717, 1.165) is 57.1 Å². The van der Waals surface area contributed by atoms with Gasteiger partial charge < -0.3 is 24.3 Å². The van der Waals surface area contributed by atoms with Gasteiger partial charge in [-0.2, -0.15) is 0 Å². The molecule has 1 rings (SSSR count). The lowest BCUT2D eigenvalue weighted by atomic mass is 10.1. The maximum Gasteiger partial charge on any atom is 0.508 e. The Kier molecular flexibility index (Phi) is 42.3. The lowest BCUT2D eigenvalue weighted by Crippen LogP contribution is -2.14. The molecule has 0 saturated carbocycles. The van der Waals surface area contributed by atoms with Crippen LogP contribution < -0.4 is 14.8 Å². The van der Waals surface area contributed by atoms with Crippen molar-refractivity contribution in [3.8, 4) is 11.5 Å². The number of carbonyl (C=O) groups is 1. The molecule has 0 radical (unpaired) electrons. The fourth-order valence-corrected chi connectivity index (χ4v) is 6.03. The number of nitrogens with one attached hydrogen (secondary N) is 1. The highest BCUT2D eigenvalue weighted by atomic mass is 35.5. The predicted molar refractivity (Wildman–Crippen MR) is 247 cm³/mol. The van der Waals surface area contributed by atoms with E-state index in [4.69, 9.17) is 30.5 Å². The topological polar surface area (TPSA) is 66.0 Å². The summed E-state index contributed by atoms with van der Waals surface area (Å²) < 4.78 is 22.3. The summed E-state index contributed by atoms with van der Waals surface area (Å²) in [5.41, 5.74) is 0.750. The minimum absolute atomic E-state index is 0.0630. The maximum absolute atomic E-state index is 11.9. The quantitative estimate of drug-likeness (QED) is 0.0410. The second kappa shape index (κ2) is 44.4. The van der Waals surface area contributed by atoms with Crippen LogP contribution in [0.25, 0.3) is 0 Å². The van der Waals surface area contributed by atoms with Gasteiger partial charge in [0.1, 0.15) is 23.1 Å². The molecule has 0 unspecified atom stereocenters. The molecule has 0 amide bonds. The van der Waals surface area contributed by atoms with Gasteiger partial charge in [-0.15, -0.1) is 0 Å². The average molecular weight is 817 g/mol. The largest absolute Gasteiger partial charge is 0.508 e. The van der Waals surface area contributed by atoms with Crippen molar-refractivity contribution in [1.29, 1.82) is 0 Å². The number of rotatable bonds is 37. The van der Waals surface area contributed by atoms with E-state index in [1.807, 2.05) is 13.1 Å². The standard InChI is InChI=1S/C34H56ClNO5.C16H30/c1-4-6-8-9-10-11-12-13-14-15-16-17-18-19-20-21-25-39-32-28-30(27-31(33(32)35)38-24-7-5-2)29-41-34(37)40-26-22-23-36-3;1-3-5-7-9-11-13-15-16-14-12-10-8-6-4-2/h10-11,13-14,27-28,36H,4-9,12,15-26,29H2,1-3H3;11,13-14,16H,3-10,12,15H2,1-2H3/b11-10-,14-13-;13-11-,16-14-. The molecule has 1 aromatic carbocycles. The molecule has 0 aromatic heterocycles. The smallest absolute Gasteiger partial charge is 0.492 e. The van der Waals surface area contributed by atoms with E-state index in [2.05, 4.69) is 81.6 Å². The van der Waals surface area contributed by atoms with Crippen molar-refractivity contribution < 1.29 is 23.7 Å². The summed E-state index contributed by atoms with van der Waals surface area (Å²) in [6, 6.07) is 3.62. The number of unbranched alkanes of at least 4 members (excludes halogenated alkanes) is 17. The summed E-state index contributed by atoms with van der Waals surface area (Å²) >= 11 is 6.60. The van der Waals surface area contributed by atoms with Crippen LogP contribution in [0.5, 0.6) is 11.5 Å². The molecule has 0 saturated heterocycles. The molecule has 1 N–H and O–H groups in total. The molecule has 0 aliphatic rings. The van der Waals surface area contributed by atoms with Crippen LogP contribution in [0.3, 0.4) is 0 Å². The number of benzene rings is 1. The second-order valence-corrected chi connectivity index (χ2v) is 15.3. The minimum Gasteiger partial charge on any atom is -0.492 e. The fourth-order valence-electron chi connectivity index (χ4n) is 5.82. The Morgan fingerprint density at radius 2 is 0.947 bits per heavy atom. The SMILES string of the molecule is CCCCC/C=C\C/C=C\CCCCCC.CCCCC/C=C\C/C=C\CCCCCCCCOc1cc(COC(=O)OCCCNC)cc(OCCCC)c1Cl. The van der Waals surface area contributed by atoms with E-state index in [0.29, 0.717) is 36.3 Å². The first kappa shape index (κ1) is 54.3. The highest BCUT2D eigenvalue weighted by Gasteiger charge is 2.14. The average Bonchev–Trinajstić information content (AvgIpc) is 3.22. The van der Waals surface area contributed by atoms with Gasteiger partial charge in [0.15, 0.2) is 0 Å². The van der Waals surface area contributed by atoms with Crippen molar-refractivity contribution in [1.82, 2.24) is 5.32 Å². The Morgan fingerprint density at radius 1 is 0.526 bits per heavy atom. The summed E-state index contributed by atoms with van der Waals surface area (Å²) in [5, 5.41) is 3.47. The van der Waals surface area contributed by atoms with Crippen LogP contribution in [0.4, 0.5) is 4.79 Å². The van der Waals surface area contributed by atoms with Crippen molar-refractivity contribution in [3.63, 3.8) is 0 Å². The molecule has 328 valence electrons. The Hall–Kier alpha value is -2.70. The van der Waals surface area contributed by atoms with Crippen LogP contribution in [0.1, 0.15) is 194 Å². The van der Waals surface area contributed by atoms with Gasteiger partial charge in [0.2, 0.25) is 0 Å². The van der Waals surface area contributed by atoms with Crippen LogP contribution in [0.15, 0.2) is 60.7 Å². The molecule has 6 nitrogen and oxygen atoms in total. The molecule has 1 aromatic rings. The zero-order valence-corrected chi connectivity index (χ0v) is 38.2. The first-order chi connectivity index (χ1) is 28.0. The molecular weight excluding hydrogens is 730 g/mol. The van der Waals surface area contributed by atoms with Crippen molar-refractivity contribution >= 4 is 17.8 Å². The van der Waals surface area contributed by atoms with Crippen LogP contribution >= 0.6 is 11.6 Å². The summed E-state index contributed by atoms with van der Waals surface area (Å²) in [6.07, 6.45) is 48.1. The summed E-state index contributed by atoms with van der Waals surface area (Å²) in [6.45, 7) is 11.2. The summed E-state index contributed by atoms with van der Waals surface area (Å²) in [5.74, 6) is 1.11. The van der Waals surface area contributed by atoms with Gasteiger partial charge in [0.05, 0.1) is 19.8 Å². The second-order valence-electron chi connectivity index (χ2n) is 14.9. The minimum atomic E-state index is -0.687. The van der Waals surface area contributed by atoms with Crippen molar-refractivity contribution in [2.45, 2.75) is 195 Å². The van der Waals surface area contributed by atoms with Crippen molar-refractivity contribution in [3.05, 3.63) is 71.3 Å². The Morgan fingerprint density at radius 3 is 1.44 bits per heavy atom. The predicted octanol–water partition coefficient (Wildman–Crippen LogP) is 16.0. The van der Waals surface area contributed by atoms with Gasteiger partial charge in [0, 0.05) is 0 Å². The van der Waals surface area contributed by atoms with Gasteiger partial charge in [-0.1, -0.05) is 165 Å². The first-order valence-corrected chi connectivity index (χ1v) is 23.5. The van der Waals surface area contributed by atoms with E-state index in [9.17, 15) is 4.79 Å². The fraction of sp³-hybridized carbons (Fsp3) is 0.700.